The van der Waals surface area contributed by atoms with Gasteiger partial charge in [-0.25, -0.2) is 4.99 Å². The summed E-state index contributed by atoms with van der Waals surface area (Å²) in [6.45, 7) is 0. The van der Waals surface area contributed by atoms with E-state index in [1.54, 1.807) is 0 Å². The number of benzene rings is 2. The van der Waals surface area contributed by atoms with Crippen molar-refractivity contribution in [3.05, 3.63) is 71.3 Å². The van der Waals surface area contributed by atoms with Crippen molar-refractivity contribution in [2.75, 3.05) is 0 Å². The highest BCUT2D eigenvalue weighted by atomic mass is 15.3. The lowest BCUT2D eigenvalue weighted by Crippen LogP contribution is -2.53. The summed E-state index contributed by atoms with van der Waals surface area (Å²) in [5.74, 6) is 1.41. The van der Waals surface area contributed by atoms with Crippen molar-refractivity contribution in [1.82, 2.24) is 4.90 Å². The number of rotatable bonds is 3. The summed E-state index contributed by atoms with van der Waals surface area (Å²) in [5, 5.41) is 0. The van der Waals surface area contributed by atoms with E-state index >= 15 is 0 Å². The Morgan fingerprint density at radius 1 is 0.962 bits per heavy atom. The standard InChI is InChI=1S/C23H27N3/c24-23-25-22-19-9-5-4-8-17(19)11-14-20(22)21-15-13-18(26(21)23)12-10-16-6-2-1-3-7-16/h1-9,18,20-22H,10-15H2,(H2,24,25)/t18-,20-,21+,22-/m0/s1. The third-order valence-electron chi connectivity index (χ3n) is 6.71. The lowest BCUT2D eigenvalue weighted by molar-refractivity contribution is 0.169. The van der Waals surface area contributed by atoms with Crippen molar-refractivity contribution in [2.45, 2.75) is 56.7 Å². The molecule has 0 saturated carbocycles. The first kappa shape index (κ1) is 15.9. The summed E-state index contributed by atoms with van der Waals surface area (Å²) in [4.78, 5) is 7.50. The maximum atomic E-state index is 6.52. The Labute approximate surface area is 155 Å². The fourth-order valence-corrected chi connectivity index (χ4v) is 5.49. The Morgan fingerprint density at radius 3 is 2.65 bits per heavy atom. The van der Waals surface area contributed by atoms with E-state index in [0.717, 1.165) is 12.4 Å². The Kier molecular flexibility index (Phi) is 3.96. The number of aliphatic imine (C=N–C) groups is 1. The summed E-state index contributed by atoms with van der Waals surface area (Å²) in [5.41, 5.74) is 10.8. The molecule has 134 valence electrons. The third kappa shape index (κ3) is 2.61. The molecular formula is C23H27N3. The first-order valence-electron chi connectivity index (χ1n) is 10.0. The molecule has 2 N–H and O–H groups in total. The van der Waals surface area contributed by atoms with Crippen LogP contribution in [0.2, 0.25) is 0 Å². The molecule has 0 radical (unpaired) electrons. The van der Waals surface area contributed by atoms with Gasteiger partial charge in [0, 0.05) is 18.0 Å². The second-order valence-corrected chi connectivity index (χ2v) is 8.06. The van der Waals surface area contributed by atoms with Gasteiger partial charge in [0.25, 0.3) is 0 Å². The number of guanidine groups is 1. The molecular weight excluding hydrogens is 318 g/mol. The number of nitrogens with two attached hydrogens (primary N) is 1. The summed E-state index contributed by atoms with van der Waals surface area (Å²) in [7, 11) is 0. The number of hydrogen-bond donors (Lipinski definition) is 1. The van der Waals surface area contributed by atoms with Crippen LogP contribution in [-0.2, 0) is 12.8 Å². The topological polar surface area (TPSA) is 41.6 Å². The molecule has 0 bridgehead atoms. The molecule has 0 spiro atoms. The highest BCUT2D eigenvalue weighted by Crippen LogP contribution is 2.47. The minimum absolute atomic E-state index is 0.272. The predicted octanol–water partition coefficient (Wildman–Crippen LogP) is 4.08. The zero-order valence-corrected chi connectivity index (χ0v) is 15.2. The van der Waals surface area contributed by atoms with Gasteiger partial charge in [0.2, 0.25) is 0 Å². The van der Waals surface area contributed by atoms with Crippen LogP contribution in [0.4, 0.5) is 0 Å². The van der Waals surface area contributed by atoms with Crippen LogP contribution in [0.25, 0.3) is 0 Å². The van der Waals surface area contributed by atoms with E-state index in [2.05, 4.69) is 59.5 Å². The van der Waals surface area contributed by atoms with E-state index in [4.69, 9.17) is 10.7 Å². The molecule has 0 unspecified atom stereocenters. The molecule has 3 heteroatoms. The predicted molar refractivity (Wildman–Crippen MR) is 106 cm³/mol. The van der Waals surface area contributed by atoms with E-state index in [1.807, 2.05) is 0 Å². The summed E-state index contributed by atoms with van der Waals surface area (Å²) >= 11 is 0. The minimum Gasteiger partial charge on any atom is -0.370 e. The van der Waals surface area contributed by atoms with Gasteiger partial charge in [-0.2, -0.15) is 0 Å². The van der Waals surface area contributed by atoms with Crippen LogP contribution in [0.15, 0.2) is 59.6 Å². The van der Waals surface area contributed by atoms with Gasteiger partial charge in [0.15, 0.2) is 5.96 Å². The highest BCUT2D eigenvalue weighted by Gasteiger charge is 2.46. The van der Waals surface area contributed by atoms with Crippen LogP contribution in [0, 0.1) is 5.92 Å². The first-order valence-corrected chi connectivity index (χ1v) is 10.0. The van der Waals surface area contributed by atoms with Gasteiger partial charge < -0.3 is 10.6 Å². The maximum Gasteiger partial charge on any atom is 0.192 e. The molecule has 0 amide bonds. The van der Waals surface area contributed by atoms with E-state index in [9.17, 15) is 0 Å². The third-order valence-corrected chi connectivity index (χ3v) is 6.71. The van der Waals surface area contributed by atoms with Gasteiger partial charge >= 0.3 is 0 Å². The maximum absolute atomic E-state index is 6.52. The lowest BCUT2D eigenvalue weighted by Gasteiger charge is -2.45. The van der Waals surface area contributed by atoms with Crippen molar-refractivity contribution in [3.8, 4) is 0 Å². The molecule has 2 aromatic rings. The van der Waals surface area contributed by atoms with Crippen molar-refractivity contribution >= 4 is 5.96 Å². The fourth-order valence-electron chi connectivity index (χ4n) is 5.49. The molecule has 2 heterocycles. The molecule has 2 aliphatic heterocycles. The summed E-state index contributed by atoms with van der Waals surface area (Å²) in [6.07, 6.45) is 7.23. The van der Waals surface area contributed by atoms with Crippen LogP contribution < -0.4 is 5.73 Å². The van der Waals surface area contributed by atoms with Crippen LogP contribution in [0.5, 0.6) is 0 Å². The van der Waals surface area contributed by atoms with Crippen LogP contribution in [0.3, 0.4) is 0 Å². The molecule has 4 atom stereocenters. The van der Waals surface area contributed by atoms with Crippen molar-refractivity contribution in [2.24, 2.45) is 16.6 Å². The Balaban J connectivity index is 1.38. The average Bonchev–Trinajstić information content (AvgIpc) is 3.12. The Hall–Kier alpha value is -2.29. The second-order valence-electron chi connectivity index (χ2n) is 8.06. The summed E-state index contributed by atoms with van der Waals surface area (Å²) < 4.78 is 0. The van der Waals surface area contributed by atoms with Crippen LogP contribution in [-0.4, -0.2) is 22.9 Å². The van der Waals surface area contributed by atoms with Gasteiger partial charge in [-0.05, 0) is 55.2 Å². The molecule has 0 aromatic heterocycles. The van der Waals surface area contributed by atoms with E-state index in [-0.39, 0.29) is 6.04 Å². The Bertz CT molecular complexity index is 813. The SMILES string of the molecule is NC1=N[C@H]2c3ccccc3CC[C@H]2[C@H]2CC[C@H](CCc3ccccc3)N12. The highest BCUT2D eigenvalue weighted by molar-refractivity contribution is 5.80. The van der Waals surface area contributed by atoms with Gasteiger partial charge in [0.05, 0.1) is 6.04 Å². The van der Waals surface area contributed by atoms with Gasteiger partial charge in [-0.3, -0.25) is 0 Å². The zero-order valence-electron chi connectivity index (χ0n) is 15.2. The quantitative estimate of drug-likeness (QED) is 0.910. The van der Waals surface area contributed by atoms with E-state index in [1.165, 1.54) is 48.8 Å². The first-order chi connectivity index (χ1) is 12.8. The molecule has 2 aromatic carbocycles. The van der Waals surface area contributed by atoms with Gasteiger partial charge in [0.1, 0.15) is 0 Å². The molecule has 1 saturated heterocycles. The summed E-state index contributed by atoms with van der Waals surface area (Å²) in [6, 6.07) is 21.0. The van der Waals surface area contributed by atoms with Gasteiger partial charge in [-0.15, -0.1) is 0 Å². The number of fused-ring (bicyclic) bond motifs is 5. The molecule has 1 fully saturated rings. The molecule has 1 aliphatic carbocycles. The van der Waals surface area contributed by atoms with Gasteiger partial charge in [-0.1, -0.05) is 54.6 Å². The number of nitrogens with zero attached hydrogens (tertiary/aromatic N) is 2. The largest absolute Gasteiger partial charge is 0.370 e. The molecule has 3 aliphatic rings. The van der Waals surface area contributed by atoms with Crippen LogP contribution >= 0.6 is 0 Å². The normalized spacial score (nSPS) is 29.5. The van der Waals surface area contributed by atoms with Crippen molar-refractivity contribution in [3.63, 3.8) is 0 Å². The number of hydrogen-bond acceptors (Lipinski definition) is 3. The lowest BCUT2D eigenvalue weighted by atomic mass is 9.75. The monoisotopic (exact) mass is 345 g/mol. The minimum atomic E-state index is 0.272. The van der Waals surface area contributed by atoms with Crippen LogP contribution in [0.1, 0.15) is 48.4 Å². The molecule has 3 nitrogen and oxygen atoms in total. The molecule has 26 heavy (non-hydrogen) atoms. The molecule has 5 rings (SSSR count). The smallest absolute Gasteiger partial charge is 0.192 e. The van der Waals surface area contributed by atoms with E-state index in [0.29, 0.717) is 18.0 Å². The van der Waals surface area contributed by atoms with Crippen molar-refractivity contribution in [1.29, 1.82) is 0 Å². The van der Waals surface area contributed by atoms with Crippen molar-refractivity contribution < 1.29 is 0 Å². The average molecular weight is 345 g/mol. The Morgan fingerprint density at radius 2 is 1.77 bits per heavy atom. The zero-order chi connectivity index (χ0) is 17.5. The fraction of sp³-hybridized carbons (Fsp3) is 0.435. The second kappa shape index (κ2) is 6.46. The number of aryl methyl sites for hydroxylation is 2. The van der Waals surface area contributed by atoms with E-state index < -0.39 is 0 Å².